The zero-order chi connectivity index (χ0) is 60.6. The molecular formula is C57H85N13O11S2. The first kappa shape index (κ1) is 66.9. The second-order valence-corrected chi connectivity index (χ2v) is 24.4. The summed E-state index contributed by atoms with van der Waals surface area (Å²) in [7, 11) is 2.60. The molecular weight excluding hydrogens is 1110 g/mol. The lowest BCUT2D eigenvalue weighted by molar-refractivity contribution is -0.142. The number of rotatable bonds is 22. The summed E-state index contributed by atoms with van der Waals surface area (Å²) in [5.41, 5.74) is 18.3. The van der Waals surface area contributed by atoms with Crippen LogP contribution in [0.4, 0.5) is 0 Å². The Hall–Kier alpha value is -6.93. The van der Waals surface area contributed by atoms with Gasteiger partial charge in [0.05, 0.1) is 25.4 Å². The Bertz CT molecular complexity index is 2570. The van der Waals surface area contributed by atoms with Crippen LogP contribution >= 0.6 is 21.6 Å². The molecule has 0 aromatic heterocycles. The SMILES string of the molecule is CCOc1ccc(CC2NC(=O)CC3(CCCCC3)SSCC(C(=O)N3CCCC3C(=O)NC(CCCC(=N)N)C(=O)NCC(=O)N(CC)CCN)NC(=O)C(CC(N)=O)NC(=O)C(C(C)C)NC(=O)C(Cc3ccccc3)NC2=O)cc1. The van der Waals surface area contributed by atoms with E-state index in [-0.39, 0.29) is 88.6 Å². The molecule has 0 bridgehead atoms. The van der Waals surface area contributed by atoms with Crippen molar-refractivity contribution in [3.63, 3.8) is 0 Å². The van der Waals surface area contributed by atoms with Crippen molar-refractivity contribution in [1.29, 1.82) is 5.41 Å². The number of amides is 10. The number of likely N-dealkylation sites (N-methyl/N-ethyl adjacent to an activating group) is 1. The van der Waals surface area contributed by atoms with E-state index in [1.54, 1.807) is 75.4 Å². The lowest BCUT2D eigenvalue weighted by Gasteiger charge is -2.37. The molecule has 1 spiro atoms. The molecule has 1 saturated carbocycles. The standard InChI is InChI=1S/C57H85N13O11S2/c1-5-69(28-26-58)48(73)33-62-50(74)39(17-13-19-45(59)60)64-54(78)44-18-14-27-70(44)56(80)43-34-82-83-57(24-11-8-12-25-57)32-47(72)63-40(30-37-20-22-38(23-21-37)81-6-2)51(75)65-41(29-36-15-9-7-10-16-36)53(77)68-49(35(3)4)55(79)66-42(31-46(61)71)52(76)67-43/h7,9-10,15-16,20-23,35,39-44,49H,5-6,8,11-14,17-19,24-34,58H2,1-4H3,(H3,59,60)(H2,61,71)(H,62,74)(H,63,72)(H,64,78)(H,65,75)(H,66,79)(H,67,76)(H,68,77). The molecule has 3 aliphatic rings. The van der Waals surface area contributed by atoms with Gasteiger partial charge in [-0.05, 0) is 81.5 Å². The van der Waals surface area contributed by atoms with Gasteiger partial charge in [-0.2, -0.15) is 0 Å². The van der Waals surface area contributed by atoms with Gasteiger partial charge in [0.25, 0.3) is 0 Å². The molecule has 14 N–H and O–H groups in total. The maximum absolute atomic E-state index is 15.1. The molecule has 1 aliphatic carbocycles. The van der Waals surface area contributed by atoms with Crippen molar-refractivity contribution in [3.05, 3.63) is 65.7 Å². The number of carbonyl (C=O) groups excluding carboxylic acids is 10. The van der Waals surface area contributed by atoms with Gasteiger partial charge in [0, 0.05) is 62.4 Å². The number of likely N-dealkylation sites (tertiary alicyclic amines) is 1. The average molecular weight is 1190 g/mol. The topological polar surface area (TPSA) is 373 Å². The first-order valence-corrected chi connectivity index (χ1v) is 31.0. The van der Waals surface area contributed by atoms with Crippen LogP contribution in [0.25, 0.3) is 0 Å². The Labute approximate surface area is 493 Å². The van der Waals surface area contributed by atoms with E-state index in [1.807, 2.05) is 6.92 Å². The molecule has 83 heavy (non-hydrogen) atoms. The van der Waals surface area contributed by atoms with Crippen molar-refractivity contribution in [2.75, 3.05) is 45.1 Å². The average Bonchev–Trinajstić information content (AvgIpc) is 4.24. The molecule has 2 aromatic rings. The zero-order valence-corrected chi connectivity index (χ0v) is 49.7. The van der Waals surface area contributed by atoms with Gasteiger partial charge in [-0.15, -0.1) is 0 Å². The summed E-state index contributed by atoms with van der Waals surface area (Å²) >= 11 is 0. The summed E-state index contributed by atoms with van der Waals surface area (Å²) in [6, 6.07) is 6.83. The second kappa shape index (κ2) is 33.4. The predicted octanol–water partition coefficient (Wildman–Crippen LogP) is 0.819. The normalized spacial score (nSPS) is 22.4. The highest BCUT2D eigenvalue weighted by Crippen LogP contribution is 2.48. The lowest BCUT2D eigenvalue weighted by Crippen LogP contribution is -2.61. The molecule has 5 rings (SSSR count). The highest BCUT2D eigenvalue weighted by Gasteiger charge is 2.42. The number of ether oxygens (including phenoxy) is 1. The van der Waals surface area contributed by atoms with Crippen molar-refractivity contribution in [2.24, 2.45) is 23.1 Å². The summed E-state index contributed by atoms with van der Waals surface area (Å²) in [4.78, 5) is 144. The first-order valence-electron chi connectivity index (χ1n) is 28.7. The van der Waals surface area contributed by atoms with E-state index in [0.717, 1.165) is 19.3 Å². The Balaban J connectivity index is 1.50. The molecule has 2 saturated heterocycles. The number of nitrogens with zero attached hydrogens (tertiary/aromatic N) is 2. The van der Waals surface area contributed by atoms with Crippen LogP contribution in [-0.2, 0) is 60.8 Å². The molecule has 26 heteroatoms. The number of carbonyl (C=O) groups is 10. The third-order valence-electron chi connectivity index (χ3n) is 14.8. The number of hydrogen-bond acceptors (Lipinski definition) is 15. The van der Waals surface area contributed by atoms with Crippen molar-refractivity contribution in [2.45, 2.75) is 165 Å². The Morgan fingerprint density at radius 3 is 2.08 bits per heavy atom. The van der Waals surface area contributed by atoms with E-state index in [2.05, 4.69) is 37.2 Å². The fourth-order valence-electron chi connectivity index (χ4n) is 10.4. The van der Waals surface area contributed by atoms with Gasteiger partial charge in [-0.3, -0.25) is 53.4 Å². The number of nitrogens with one attached hydrogen (secondary N) is 8. The van der Waals surface area contributed by atoms with Crippen molar-refractivity contribution in [1.82, 2.24) is 47.0 Å². The molecule has 456 valence electrons. The van der Waals surface area contributed by atoms with E-state index in [9.17, 15) is 43.2 Å². The summed E-state index contributed by atoms with van der Waals surface area (Å²) < 4.78 is 4.93. The van der Waals surface area contributed by atoms with Crippen molar-refractivity contribution in [3.8, 4) is 5.75 Å². The number of amidine groups is 1. The molecule has 2 heterocycles. The zero-order valence-electron chi connectivity index (χ0n) is 48.1. The minimum absolute atomic E-state index is 0.0134. The summed E-state index contributed by atoms with van der Waals surface area (Å²) in [5, 5.41) is 27.0. The molecule has 2 aliphatic heterocycles. The smallest absolute Gasteiger partial charge is 0.246 e. The fourth-order valence-corrected chi connectivity index (χ4v) is 13.7. The Kier molecular flexibility index (Phi) is 26.9. The van der Waals surface area contributed by atoms with Crippen molar-refractivity contribution >= 4 is 86.5 Å². The van der Waals surface area contributed by atoms with E-state index in [0.29, 0.717) is 49.3 Å². The maximum Gasteiger partial charge on any atom is 0.246 e. The van der Waals surface area contributed by atoms with Crippen LogP contribution in [0.2, 0.25) is 0 Å². The molecule has 24 nitrogen and oxygen atoms in total. The Morgan fingerprint density at radius 2 is 1.46 bits per heavy atom. The van der Waals surface area contributed by atoms with Crippen LogP contribution in [0.5, 0.6) is 5.75 Å². The van der Waals surface area contributed by atoms with E-state index in [1.165, 1.54) is 31.4 Å². The van der Waals surface area contributed by atoms with Crippen LogP contribution in [-0.4, -0.2) is 167 Å². The molecule has 2 aromatic carbocycles. The van der Waals surface area contributed by atoms with Gasteiger partial charge in [0.15, 0.2) is 0 Å². The fraction of sp³-hybridized carbons (Fsp3) is 0.596. The number of hydrogen-bond donors (Lipinski definition) is 11. The summed E-state index contributed by atoms with van der Waals surface area (Å²) in [6.07, 6.45) is 3.86. The van der Waals surface area contributed by atoms with E-state index >= 15 is 4.79 Å². The minimum atomic E-state index is -1.66. The van der Waals surface area contributed by atoms with E-state index in [4.69, 9.17) is 27.3 Å². The molecule has 7 atom stereocenters. The maximum atomic E-state index is 15.1. The van der Waals surface area contributed by atoms with Crippen molar-refractivity contribution < 1.29 is 52.7 Å². The predicted molar refractivity (Wildman–Crippen MR) is 317 cm³/mol. The van der Waals surface area contributed by atoms with Crippen LogP contribution in [0.3, 0.4) is 0 Å². The monoisotopic (exact) mass is 1190 g/mol. The first-order chi connectivity index (χ1) is 39.7. The van der Waals surface area contributed by atoms with Gasteiger partial charge in [-0.1, -0.05) is 97.2 Å². The third-order valence-corrected chi connectivity index (χ3v) is 18.1. The number of nitrogens with two attached hydrogens (primary N) is 3. The largest absolute Gasteiger partial charge is 0.494 e. The number of benzene rings is 2. The molecule has 0 radical (unpaired) electrons. The second-order valence-electron chi connectivity index (χ2n) is 21.6. The molecule has 3 fully saturated rings. The van der Waals surface area contributed by atoms with Crippen LogP contribution in [0.1, 0.15) is 116 Å². The van der Waals surface area contributed by atoms with Gasteiger partial charge in [-0.25, -0.2) is 0 Å². The quantitative estimate of drug-likeness (QED) is 0.0442. The lowest BCUT2D eigenvalue weighted by atomic mass is 9.85. The summed E-state index contributed by atoms with van der Waals surface area (Å²) in [6.45, 7) is 7.92. The highest BCUT2D eigenvalue weighted by atomic mass is 33.1. The van der Waals surface area contributed by atoms with E-state index < -0.39 is 113 Å². The third kappa shape index (κ3) is 21.0. The molecule has 7 unspecified atom stereocenters. The minimum Gasteiger partial charge on any atom is -0.494 e. The Morgan fingerprint density at radius 1 is 0.819 bits per heavy atom. The van der Waals surface area contributed by atoms with Gasteiger partial charge in [0.1, 0.15) is 48.0 Å². The van der Waals surface area contributed by atoms with Crippen LogP contribution in [0.15, 0.2) is 54.6 Å². The van der Waals surface area contributed by atoms with Gasteiger partial charge >= 0.3 is 0 Å². The number of primary amides is 1. The van der Waals surface area contributed by atoms with Crippen LogP contribution < -0.4 is 59.2 Å². The van der Waals surface area contributed by atoms with Gasteiger partial charge in [0.2, 0.25) is 59.1 Å². The molecule has 10 amide bonds. The summed E-state index contributed by atoms with van der Waals surface area (Å²) in [5.74, 6) is -7.34. The van der Waals surface area contributed by atoms with Gasteiger partial charge < -0.3 is 69.0 Å². The van der Waals surface area contributed by atoms with Crippen LogP contribution in [0, 0.1) is 11.3 Å². The highest BCUT2D eigenvalue weighted by molar-refractivity contribution is 8.77.